The van der Waals surface area contributed by atoms with Crippen LogP contribution in [0.2, 0.25) is 0 Å². The van der Waals surface area contributed by atoms with E-state index in [4.69, 9.17) is 0 Å². The second-order valence-electron chi connectivity index (χ2n) is 9.22. The van der Waals surface area contributed by atoms with Crippen molar-refractivity contribution in [3.63, 3.8) is 0 Å². The second-order valence-corrected chi connectivity index (χ2v) is 9.22. The minimum absolute atomic E-state index is 0.0709. The fourth-order valence-corrected chi connectivity index (χ4v) is 4.56. The molecule has 2 aliphatic heterocycles. The summed E-state index contributed by atoms with van der Waals surface area (Å²) in [5.74, 6) is -0.505. The molecule has 2 aromatic carbocycles. The molecule has 1 fully saturated rings. The third-order valence-electron chi connectivity index (χ3n) is 6.57. The van der Waals surface area contributed by atoms with Crippen LogP contribution in [0, 0.1) is 12.7 Å². The molecule has 0 radical (unpaired) electrons. The number of nitrogens with zero attached hydrogens (tertiary/aromatic N) is 2. The van der Waals surface area contributed by atoms with Gasteiger partial charge in [-0.25, -0.2) is 9.18 Å². The molecule has 162 valence electrons. The Kier molecular flexibility index (Phi) is 5.12. The lowest BCUT2D eigenvalue weighted by Crippen LogP contribution is -2.45. The first-order valence-corrected chi connectivity index (χ1v) is 10.5. The molecule has 2 aliphatic rings. The first kappa shape index (κ1) is 21.1. The van der Waals surface area contributed by atoms with Gasteiger partial charge < -0.3 is 10.2 Å². The highest BCUT2D eigenvalue weighted by Crippen LogP contribution is 2.43. The Morgan fingerprint density at radius 2 is 1.94 bits per heavy atom. The molecule has 5 nitrogen and oxygen atoms in total. The van der Waals surface area contributed by atoms with Gasteiger partial charge in [0.25, 0.3) is 5.91 Å². The van der Waals surface area contributed by atoms with E-state index < -0.39 is 17.8 Å². The van der Waals surface area contributed by atoms with Crippen molar-refractivity contribution < 1.29 is 14.0 Å². The van der Waals surface area contributed by atoms with E-state index in [0.717, 1.165) is 22.4 Å². The zero-order valence-corrected chi connectivity index (χ0v) is 18.6. The molecule has 0 unspecified atom stereocenters. The van der Waals surface area contributed by atoms with Gasteiger partial charge >= 0.3 is 6.03 Å². The molecule has 6 heteroatoms. The van der Waals surface area contributed by atoms with Gasteiger partial charge in [-0.05, 0) is 74.1 Å². The van der Waals surface area contributed by atoms with Crippen LogP contribution in [0.25, 0.3) is 6.08 Å². The summed E-state index contributed by atoms with van der Waals surface area (Å²) < 4.78 is 14.0. The van der Waals surface area contributed by atoms with Gasteiger partial charge in [0.05, 0.1) is 6.54 Å². The number of hydrogen-bond acceptors (Lipinski definition) is 3. The summed E-state index contributed by atoms with van der Waals surface area (Å²) in [6, 6.07) is 9.89. The molecular formula is C25H28FN3O2. The Labute approximate surface area is 182 Å². The lowest BCUT2D eigenvalue weighted by molar-refractivity contribution is -0.123. The van der Waals surface area contributed by atoms with Crippen LogP contribution in [0.15, 0.2) is 42.1 Å². The van der Waals surface area contributed by atoms with Gasteiger partial charge in [-0.2, -0.15) is 0 Å². The molecule has 2 heterocycles. The number of carbonyl (C=O) groups is 2. The third kappa shape index (κ3) is 3.71. The number of hydrogen-bond donors (Lipinski definition) is 1. The van der Waals surface area contributed by atoms with Gasteiger partial charge in [0.1, 0.15) is 11.5 Å². The number of anilines is 1. The van der Waals surface area contributed by atoms with Gasteiger partial charge in [0.15, 0.2) is 0 Å². The highest BCUT2D eigenvalue weighted by atomic mass is 19.1. The maximum absolute atomic E-state index is 14.0. The van der Waals surface area contributed by atoms with Crippen molar-refractivity contribution >= 4 is 23.7 Å². The largest absolute Gasteiger partial charge is 0.369 e. The molecule has 4 rings (SSSR count). The summed E-state index contributed by atoms with van der Waals surface area (Å²) in [5.41, 5.74) is 4.94. The quantitative estimate of drug-likeness (QED) is 0.564. The van der Waals surface area contributed by atoms with Gasteiger partial charge in [-0.15, -0.1) is 0 Å². The van der Waals surface area contributed by atoms with Crippen molar-refractivity contribution in [3.8, 4) is 0 Å². The lowest BCUT2D eigenvalue weighted by atomic mass is 9.79. The number of carbonyl (C=O) groups excluding carboxylic acids is 2. The number of benzene rings is 2. The summed E-state index contributed by atoms with van der Waals surface area (Å²) in [5, 5.41) is 2.65. The van der Waals surface area contributed by atoms with Crippen LogP contribution >= 0.6 is 0 Å². The third-order valence-corrected chi connectivity index (χ3v) is 6.57. The first-order valence-electron chi connectivity index (χ1n) is 10.5. The van der Waals surface area contributed by atoms with E-state index in [-0.39, 0.29) is 17.8 Å². The average molecular weight is 422 g/mol. The van der Waals surface area contributed by atoms with Gasteiger partial charge in [-0.1, -0.05) is 25.1 Å². The Morgan fingerprint density at radius 3 is 2.65 bits per heavy atom. The monoisotopic (exact) mass is 421 g/mol. The predicted octanol–water partition coefficient (Wildman–Crippen LogP) is 4.95. The Morgan fingerprint density at radius 1 is 1.23 bits per heavy atom. The van der Waals surface area contributed by atoms with Gasteiger partial charge in [-0.3, -0.25) is 9.69 Å². The summed E-state index contributed by atoms with van der Waals surface area (Å²) >= 11 is 0. The maximum Gasteiger partial charge on any atom is 0.329 e. The van der Waals surface area contributed by atoms with Crippen molar-refractivity contribution in [2.45, 2.75) is 52.1 Å². The molecule has 3 amide bonds. The Balaban J connectivity index is 1.65. The van der Waals surface area contributed by atoms with Crippen molar-refractivity contribution in [1.82, 2.24) is 10.2 Å². The van der Waals surface area contributed by atoms with Crippen LogP contribution < -0.4 is 10.2 Å². The van der Waals surface area contributed by atoms with Crippen LogP contribution in [0.1, 0.15) is 55.4 Å². The fourth-order valence-electron chi connectivity index (χ4n) is 4.56. The molecular weight excluding hydrogens is 393 g/mol. The lowest BCUT2D eigenvalue weighted by Gasteiger charge is -2.45. The standard InChI is InChI=1S/C25H28FN3O2/c1-15-10-22-19(16(2)13-25(3,4)28(22)5)11-18(15)12-21-23(30)29(24(31)27-21)14-17-8-6-7-9-20(17)26/h6-12,16H,13-14H2,1-5H3,(H,27,31)/b21-12-/t16-/m0/s1. The number of aryl methyl sites for hydroxylation is 1. The highest BCUT2D eigenvalue weighted by Gasteiger charge is 2.36. The number of amides is 3. The van der Waals surface area contributed by atoms with Gasteiger partial charge in [0.2, 0.25) is 0 Å². The zero-order chi connectivity index (χ0) is 22.5. The van der Waals surface area contributed by atoms with E-state index in [9.17, 15) is 14.0 Å². The predicted molar refractivity (Wildman–Crippen MR) is 120 cm³/mol. The Bertz CT molecular complexity index is 1110. The van der Waals surface area contributed by atoms with E-state index in [0.29, 0.717) is 11.5 Å². The highest BCUT2D eigenvalue weighted by molar-refractivity contribution is 6.14. The smallest absolute Gasteiger partial charge is 0.329 e. The Hall–Kier alpha value is -3.15. The molecule has 31 heavy (non-hydrogen) atoms. The molecule has 0 aromatic heterocycles. The summed E-state index contributed by atoms with van der Waals surface area (Å²) in [4.78, 5) is 28.6. The molecule has 1 N–H and O–H groups in total. The number of nitrogens with one attached hydrogen (secondary N) is 1. The van der Waals surface area contributed by atoms with Crippen molar-refractivity contribution in [3.05, 3.63) is 70.2 Å². The van der Waals surface area contributed by atoms with E-state index >= 15 is 0 Å². The summed E-state index contributed by atoms with van der Waals surface area (Å²) in [7, 11) is 2.11. The maximum atomic E-state index is 14.0. The minimum atomic E-state index is -0.537. The molecule has 1 saturated heterocycles. The summed E-state index contributed by atoms with van der Waals surface area (Å²) in [6.07, 6.45) is 2.76. The van der Waals surface area contributed by atoms with E-state index in [1.165, 1.54) is 17.3 Å². The molecule has 0 bridgehead atoms. The van der Waals surface area contributed by atoms with E-state index in [2.05, 4.69) is 50.2 Å². The zero-order valence-electron chi connectivity index (χ0n) is 18.6. The molecule has 0 spiro atoms. The van der Waals surface area contributed by atoms with Crippen LogP contribution in [0.3, 0.4) is 0 Å². The number of imide groups is 1. The van der Waals surface area contributed by atoms with Gasteiger partial charge in [0, 0.05) is 23.8 Å². The SMILES string of the molecule is Cc1cc2c(cc1/C=C1\NC(=O)N(Cc3ccccc3F)C1=O)[C@@H](C)CC(C)(C)N2C. The first-order chi connectivity index (χ1) is 14.6. The average Bonchev–Trinajstić information content (AvgIpc) is 2.96. The number of urea groups is 1. The van der Waals surface area contributed by atoms with Crippen molar-refractivity contribution in [2.75, 3.05) is 11.9 Å². The molecule has 1 atom stereocenters. The fraction of sp³-hybridized carbons (Fsp3) is 0.360. The van der Waals surface area contributed by atoms with E-state index in [1.54, 1.807) is 24.3 Å². The molecule has 2 aromatic rings. The topological polar surface area (TPSA) is 52.7 Å². The van der Waals surface area contributed by atoms with Crippen molar-refractivity contribution in [2.24, 2.45) is 0 Å². The van der Waals surface area contributed by atoms with Crippen LogP contribution in [0.5, 0.6) is 0 Å². The van der Waals surface area contributed by atoms with E-state index in [1.807, 2.05) is 6.92 Å². The van der Waals surface area contributed by atoms with Crippen LogP contribution in [-0.4, -0.2) is 29.4 Å². The number of rotatable bonds is 3. The second kappa shape index (κ2) is 7.52. The minimum Gasteiger partial charge on any atom is -0.369 e. The van der Waals surface area contributed by atoms with Crippen LogP contribution in [-0.2, 0) is 11.3 Å². The number of halogens is 1. The normalized spacial score (nSPS) is 21.5. The number of fused-ring (bicyclic) bond motifs is 1. The van der Waals surface area contributed by atoms with Crippen molar-refractivity contribution in [1.29, 1.82) is 0 Å². The molecule has 0 aliphatic carbocycles. The van der Waals surface area contributed by atoms with Crippen LogP contribution in [0.4, 0.5) is 14.9 Å². The molecule has 0 saturated carbocycles. The summed E-state index contributed by atoms with van der Waals surface area (Å²) in [6.45, 7) is 8.61.